The van der Waals surface area contributed by atoms with Crippen LogP contribution in [0.4, 0.5) is 14.5 Å². The van der Waals surface area contributed by atoms with E-state index in [2.05, 4.69) is 20.9 Å². The van der Waals surface area contributed by atoms with Gasteiger partial charge in [-0.2, -0.15) is 8.78 Å². The summed E-state index contributed by atoms with van der Waals surface area (Å²) in [6, 6.07) is 3.14. The molecule has 0 atom stereocenters. The van der Waals surface area contributed by atoms with E-state index >= 15 is 0 Å². The van der Waals surface area contributed by atoms with E-state index in [1.165, 1.54) is 0 Å². The fourth-order valence-electron chi connectivity index (χ4n) is 1.13. The molecule has 0 fully saturated rings. The second kappa shape index (κ2) is 3.20. The molecule has 2 rings (SSSR count). The zero-order valence-electron chi connectivity index (χ0n) is 6.80. The minimum Gasteiger partial charge on any atom is -0.433 e. The number of nitrogen functional groups attached to an aromatic ring is 1. The summed E-state index contributed by atoms with van der Waals surface area (Å²) in [5.41, 5.74) is 6.37. The number of oxazole rings is 1. The van der Waals surface area contributed by atoms with Crippen LogP contribution >= 0.6 is 15.9 Å². The molecule has 0 unspecified atom stereocenters. The molecule has 0 radical (unpaired) electrons. The van der Waals surface area contributed by atoms with Crippen molar-refractivity contribution in [3.63, 3.8) is 0 Å². The van der Waals surface area contributed by atoms with Gasteiger partial charge in [-0.1, -0.05) is 15.9 Å². The molecule has 6 heteroatoms. The third-order valence-electron chi connectivity index (χ3n) is 1.69. The van der Waals surface area contributed by atoms with E-state index in [0.29, 0.717) is 9.99 Å². The standard InChI is InChI=1S/C8H5BrF2N2O/c9-3-1-4(12)6-5(2-3)13-8(14-6)7(10)11/h1-2,7H,12H2. The number of rotatable bonds is 1. The summed E-state index contributed by atoms with van der Waals surface area (Å²) in [5, 5.41) is 0. The minimum atomic E-state index is -2.72. The van der Waals surface area contributed by atoms with Crippen LogP contribution in [0.15, 0.2) is 21.0 Å². The molecule has 0 amide bonds. The Morgan fingerprint density at radius 3 is 2.79 bits per heavy atom. The van der Waals surface area contributed by atoms with Gasteiger partial charge >= 0.3 is 6.43 Å². The fraction of sp³-hybridized carbons (Fsp3) is 0.125. The largest absolute Gasteiger partial charge is 0.433 e. The molecule has 0 saturated carbocycles. The maximum Gasteiger partial charge on any atom is 0.313 e. The van der Waals surface area contributed by atoms with Crippen molar-refractivity contribution in [3.8, 4) is 0 Å². The van der Waals surface area contributed by atoms with Crippen molar-refractivity contribution in [1.29, 1.82) is 0 Å². The van der Waals surface area contributed by atoms with E-state index in [9.17, 15) is 8.78 Å². The molecule has 0 bridgehead atoms. The number of hydrogen-bond acceptors (Lipinski definition) is 3. The number of anilines is 1. The van der Waals surface area contributed by atoms with Crippen molar-refractivity contribution in [3.05, 3.63) is 22.5 Å². The SMILES string of the molecule is Nc1cc(Br)cc2nc(C(F)F)oc12. The lowest BCUT2D eigenvalue weighted by Crippen LogP contribution is -1.84. The van der Waals surface area contributed by atoms with Crippen molar-refractivity contribution in [2.75, 3.05) is 5.73 Å². The molecular formula is C8H5BrF2N2O. The molecule has 2 N–H and O–H groups in total. The summed E-state index contributed by atoms with van der Waals surface area (Å²) in [6.45, 7) is 0. The van der Waals surface area contributed by atoms with Crippen LogP contribution in [0.5, 0.6) is 0 Å². The van der Waals surface area contributed by atoms with Crippen LogP contribution in [0, 0.1) is 0 Å². The Bertz CT molecular complexity index is 483. The van der Waals surface area contributed by atoms with Gasteiger partial charge in [0.1, 0.15) is 5.52 Å². The molecule has 1 aromatic heterocycles. The molecular weight excluding hydrogens is 258 g/mol. The van der Waals surface area contributed by atoms with E-state index in [1.54, 1.807) is 12.1 Å². The number of nitrogens with two attached hydrogens (primary N) is 1. The molecule has 0 spiro atoms. The maximum atomic E-state index is 12.2. The number of nitrogens with zero attached hydrogens (tertiary/aromatic N) is 1. The molecule has 2 aromatic rings. The van der Waals surface area contributed by atoms with E-state index in [-0.39, 0.29) is 11.3 Å². The van der Waals surface area contributed by atoms with Gasteiger partial charge in [0.15, 0.2) is 5.58 Å². The quantitative estimate of drug-likeness (QED) is 0.804. The Kier molecular flexibility index (Phi) is 2.14. The molecule has 1 aromatic carbocycles. The average molecular weight is 263 g/mol. The predicted molar refractivity (Wildman–Crippen MR) is 51.1 cm³/mol. The van der Waals surface area contributed by atoms with Gasteiger partial charge in [-0.3, -0.25) is 0 Å². The van der Waals surface area contributed by atoms with Gasteiger partial charge in [-0.25, -0.2) is 4.98 Å². The maximum absolute atomic E-state index is 12.2. The minimum absolute atomic E-state index is 0.198. The van der Waals surface area contributed by atoms with Crippen LogP contribution in [0.25, 0.3) is 11.1 Å². The molecule has 14 heavy (non-hydrogen) atoms. The molecule has 1 heterocycles. The van der Waals surface area contributed by atoms with Crippen molar-refractivity contribution < 1.29 is 13.2 Å². The number of alkyl halides is 2. The van der Waals surface area contributed by atoms with Gasteiger partial charge < -0.3 is 10.2 Å². The highest BCUT2D eigenvalue weighted by Crippen LogP contribution is 2.29. The number of fused-ring (bicyclic) bond motifs is 1. The van der Waals surface area contributed by atoms with Gasteiger partial charge in [0.05, 0.1) is 5.69 Å². The Morgan fingerprint density at radius 1 is 1.43 bits per heavy atom. The highest BCUT2D eigenvalue weighted by atomic mass is 79.9. The van der Waals surface area contributed by atoms with Crippen molar-refractivity contribution in [1.82, 2.24) is 4.98 Å². The van der Waals surface area contributed by atoms with Crippen LogP contribution in [0.2, 0.25) is 0 Å². The van der Waals surface area contributed by atoms with Crippen LogP contribution in [-0.4, -0.2) is 4.98 Å². The average Bonchev–Trinajstić information content (AvgIpc) is 2.47. The Morgan fingerprint density at radius 2 is 2.14 bits per heavy atom. The van der Waals surface area contributed by atoms with Gasteiger partial charge in [-0.15, -0.1) is 0 Å². The summed E-state index contributed by atoms with van der Waals surface area (Å²) in [6.07, 6.45) is -2.72. The summed E-state index contributed by atoms with van der Waals surface area (Å²) >= 11 is 3.18. The van der Waals surface area contributed by atoms with Gasteiger partial charge in [0.2, 0.25) is 0 Å². The van der Waals surface area contributed by atoms with Gasteiger partial charge in [0.25, 0.3) is 5.89 Å². The first kappa shape index (κ1) is 9.39. The van der Waals surface area contributed by atoms with E-state index in [1.807, 2.05) is 0 Å². The fourth-order valence-corrected chi connectivity index (χ4v) is 1.60. The van der Waals surface area contributed by atoms with Gasteiger partial charge in [0, 0.05) is 4.47 Å². The Hall–Kier alpha value is -1.17. The second-order valence-corrected chi connectivity index (χ2v) is 3.61. The van der Waals surface area contributed by atoms with Crippen LogP contribution < -0.4 is 5.73 Å². The summed E-state index contributed by atoms with van der Waals surface area (Å²) in [7, 11) is 0. The molecule has 74 valence electrons. The number of aromatic nitrogens is 1. The van der Waals surface area contributed by atoms with E-state index < -0.39 is 12.3 Å². The van der Waals surface area contributed by atoms with Crippen LogP contribution in [-0.2, 0) is 0 Å². The first-order valence-corrected chi connectivity index (χ1v) is 4.51. The van der Waals surface area contributed by atoms with E-state index in [0.717, 1.165) is 0 Å². The summed E-state index contributed by atoms with van der Waals surface area (Å²) in [5.74, 6) is -0.607. The van der Waals surface area contributed by atoms with Crippen LogP contribution in [0.3, 0.4) is 0 Å². The highest BCUT2D eigenvalue weighted by Gasteiger charge is 2.17. The lowest BCUT2D eigenvalue weighted by molar-refractivity contribution is 0.117. The van der Waals surface area contributed by atoms with Crippen molar-refractivity contribution in [2.24, 2.45) is 0 Å². The molecule has 0 aliphatic carbocycles. The van der Waals surface area contributed by atoms with E-state index in [4.69, 9.17) is 10.2 Å². The molecule has 0 aliphatic rings. The normalized spacial score (nSPS) is 11.4. The smallest absolute Gasteiger partial charge is 0.313 e. The third kappa shape index (κ3) is 1.45. The second-order valence-electron chi connectivity index (χ2n) is 2.70. The third-order valence-corrected chi connectivity index (χ3v) is 2.14. The zero-order valence-corrected chi connectivity index (χ0v) is 8.38. The summed E-state index contributed by atoms with van der Waals surface area (Å²) in [4.78, 5) is 3.61. The Labute approximate surface area is 86.0 Å². The van der Waals surface area contributed by atoms with Crippen LogP contribution in [0.1, 0.15) is 12.3 Å². The number of benzene rings is 1. The van der Waals surface area contributed by atoms with Crippen molar-refractivity contribution in [2.45, 2.75) is 6.43 Å². The predicted octanol–water partition coefficient (Wildman–Crippen LogP) is 3.11. The topological polar surface area (TPSA) is 52.0 Å². The molecule has 3 nitrogen and oxygen atoms in total. The molecule has 0 aliphatic heterocycles. The van der Waals surface area contributed by atoms with Gasteiger partial charge in [-0.05, 0) is 12.1 Å². The lowest BCUT2D eigenvalue weighted by Gasteiger charge is -1.93. The first-order valence-electron chi connectivity index (χ1n) is 3.71. The molecule has 0 saturated heterocycles. The highest BCUT2D eigenvalue weighted by molar-refractivity contribution is 9.10. The number of hydrogen-bond donors (Lipinski definition) is 1. The lowest BCUT2D eigenvalue weighted by atomic mass is 10.3. The Balaban J connectivity index is 2.70. The first-order chi connectivity index (χ1) is 6.58. The number of halogens is 3. The summed E-state index contributed by atoms with van der Waals surface area (Å²) < 4.78 is 29.9. The van der Waals surface area contributed by atoms with Crippen molar-refractivity contribution >= 4 is 32.7 Å². The monoisotopic (exact) mass is 262 g/mol. The zero-order chi connectivity index (χ0) is 10.3.